The number of rotatable bonds is 3. The smallest absolute Gasteiger partial charge is 0.0559 e. The Morgan fingerprint density at radius 1 is 1.00 bits per heavy atom. The van der Waals surface area contributed by atoms with Gasteiger partial charge in [-0.25, -0.2) is 0 Å². The molecule has 3 heteroatoms. The molecule has 0 fully saturated rings. The summed E-state index contributed by atoms with van der Waals surface area (Å²) >= 11 is 0. The van der Waals surface area contributed by atoms with Gasteiger partial charge >= 0.3 is 0 Å². The summed E-state index contributed by atoms with van der Waals surface area (Å²) in [4.78, 5) is 8.30. The van der Waals surface area contributed by atoms with Gasteiger partial charge < -0.3 is 5.32 Å². The van der Waals surface area contributed by atoms with Gasteiger partial charge in [0.25, 0.3) is 0 Å². The Bertz CT molecular complexity index is 702. The molecule has 2 aromatic heterocycles. The van der Waals surface area contributed by atoms with Crippen LogP contribution in [0.2, 0.25) is 0 Å². The van der Waals surface area contributed by atoms with Crippen LogP contribution in [0.3, 0.4) is 0 Å². The lowest BCUT2D eigenvalue weighted by atomic mass is 10.1. The monoisotopic (exact) mass is 249 g/mol. The van der Waals surface area contributed by atoms with E-state index in [2.05, 4.69) is 46.5 Å². The van der Waals surface area contributed by atoms with Gasteiger partial charge in [-0.1, -0.05) is 18.2 Å². The maximum Gasteiger partial charge on any atom is 0.0559 e. The number of anilines is 1. The second-order valence-corrected chi connectivity index (χ2v) is 4.56. The Morgan fingerprint density at radius 3 is 2.74 bits per heavy atom. The number of fused-ring (bicyclic) bond motifs is 1. The minimum Gasteiger partial charge on any atom is -0.379 e. The number of aromatic nitrogens is 2. The summed E-state index contributed by atoms with van der Waals surface area (Å²) < 4.78 is 0. The topological polar surface area (TPSA) is 37.8 Å². The van der Waals surface area contributed by atoms with Crippen LogP contribution in [-0.4, -0.2) is 9.97 Å². The molecule has 0 amide bonds. The Hall–Kier alpha value is -2.42. The van der Waals surface area contributed by atoms with Crippen molar-refractivity contribution in [3.8, 4) is 0 Å². The largest absolute Gasteiger partial charge is 0.379 e. The van der Waals surface area contributed by atoms with Crippen LogP contribution < -0.4 is 5.32 Å². The molecule has 0 aliphatic rings. The molecule has 2 heterocycles. The van der Waals surface area contributed by atoms with E-state index in [9.17, 15) is 0 Å². The highest BCUT2D eigenvalue weighted by Gasteiger charge is 2.02. The predicted octanol–water partition coefficient (Wildman–Crippen LogP) is 3.55. The van der Waals surface area contributed by atoms with Crippen molar-refractivity contribution in [1.82, 2.24) is 9.97 Å². The second kappa shape index (κ2) is 5.06. The normalized spacial score (nSPS) is 10.6. The molecule has 0 spiro atoms. The van der Waals surface area contributed by atoms with Crippen LogP contribution >= 0.6 is 0 Å². The number of hydrogen-bond acceptors (Lipinski definition) is 3. The van der Waals surface area contributed by atoms with Crippen molar-refractivity contribution in [2.75, 3.05) is 5.32 Å². The predicted molar refractivity (Wildman–Crippen MR) is 78.0 cm³/mol. The third-order valence-electron chi connectivity index (χ3n) is 3.28. The van der Waals surface area contributed by atoms with E-state index in [1.165, 1.54) is 21.9 Å². The lowest BCUT2D eigenvalue weighted by molar-refractivity contribution is 1.14. The van der Waals surface area contributed by atoms with Crippen molar-refractivity contribution in [1.29, 1.82) is 0 Å². The fourth-order valence-corrected chi connectivity index (χ4v) is 2.18. The number of nitrogens with one attached hydrogen (secondary N) is 1. The van der Waals surface area contributed by atoms with E-state index >= 15 is 0 Å². The molecule has 94 valence electrons. The molecular weight excluding hydrogens is 234 g/mol. The zero-order valence-corrected chi connectivity index (χ0v) is 10.8. The molecule has 0 radical (unpaired) electrons. The van der Waals surface area contributed by atoms with E-state index in [1.54, 1.807) is 0 Å². The zero-order chi connectivity index (χ0) is 13.1. The minimum atomic E-state index is 0.786. The van der Waals surface area contributed by atoms with Crippen LogP contribution in [0.25, 0.3) is 10.8 Å². The molecule has 19 heavy (non-hydrogen) atoms. The van der Waals surface area contributed by atoms with Crippen molar-refractivity contribution >= 4 is 16.5 Å². The van der Waals surface area contributed by atoms with Gasteiger partial charge in [0.05, 0.1) is 11.9 Å². The maximum atomic E-state index is 4.16. The summed E-state index contributed by atoms with van der Waals surface area (Å²) in [6.07, 6.45) is 7.40. The highest BCUT2D eigenvalue weighted by Crippen LogP contribution is 2.19. The quantitative estimate of drug-likeness (QED) is 0.771. The number of nitrogens with zero attached hydrogens (tertiary/aromatic N) is 2. The number of hydrogen-bond donors (Lipinski definition) is 1. The first-order valence-electron chi connectivity index (χ1n) is 6.31. The number of pyridine rings is 2. The molecule has 3 nitrogen and oxygen atoms in total. The van der Waals surface area contributed by atoms with Gasteiger partial charge in [0.15, 0.2) is 0 Å². The van der Waals surface area contributed by atoms with Gasteiger partial charge in [0.2, 0.25) is 0 Å². The molecule has 0 aliphatic heterocycles. The summed E-state index contributed by atoms with van der Waals surface area (Å²) in [7, 11) is 0. The molecule has 0 bridgehead atoms. The van der Waals surface area contributed by atoms with Crippen molar-refractivity contribution in [2.45, 2.75) is 13.5 Å². The molecule has 1 aromatic carbocycles. The van der Waals surface area contributed by atoms with E-state index in [1.807, 2.05) is 30.9 Å². The number of benzene rings is 1. The van der Waals surface area contributed by atoms with Crippen molar-refractivity contribution in [2.24, 2.45) is 0 Å². The average molecular weight is 249 g/mol. The second-order valence-electron chi connectivity index (χ2n) is 4.56. The lowest BCUT2D eigenvalue weighted by Crippen LogP contribution is -2.02. The molecular formula is C16H15N3. The summed E-state index contributed by atoms with van der Waals surface area (Å²) in [6, 6.07) is 10.4. The van der Waals surface area contributed by atoms with Crippen molar-refractivity contribution < 1.29 is 0 Å². The van der Waals surface area contributed by atoms with E-state index < -0.39 is 0 Å². The first-order valence-corrected chi connectivity index (χ1v) is 6.31. The molecule has 0 unspecified atom stereocenters. The summed E-state index contributed by atoms with van der Waals surface area (Å²) in [5, 5.41) is 5.85. The highest BCUT2D eigenvalue weighted by atomic mass is 14.9. The Morgan fingerprint density at radius 2 is 1.84 bits per heavy atom. The first-order chi connectivity index (χ1) is 9.34. The van der Waals surface area contributed by atoms with Gasteiger partial charge in [-0.3, -0.25) is 9.97 Å². The Labute approximate surface area is 112 Å². The lowest BCUT2D eigenvalue weighted by Gasteiger charge is -2.10. The molecule has 0 saturated heterocycles. The van der Waals surface area contributed by atoms with Gasteiger partial charge in [-0.05, 0) is 35.6 Å². The SMILES string of the molecule is Cc1ccncc1NCc1cccc2cnccc12. The summed E-state index contributed by atoms with van der Waals surface area (Å²) in [5.74, 6) is 0. The van der Waals surface area contributed by atoms with Crippen LogP contribution in [0.5, 0.6) is 0 Å². The molecule has 0 saturated carbocycles. The summed E-state index contributed by atoms with van der Waals surface area (Å²) in [6.45, 7) is 2.87. The zero-order valence-electron chi connectivity index (χ0n) is 10.8. The standard InChI is InChI=1S/C16H15N3/c1-12-5-7-18-11-16(12)19-10-14-4-2-3-13-9-17-8-6-15(13)14/h2-9,11,19H,10H2,1H3. The van der Waals surface area contributed by atoms with E-state index in [0.717, 1.165) is 12.2 Å². The molecule has 3 aromatic rings. The highest BCUT2D eigenvalue weighted by molar-refractivity contribution is 5.84. The third-order valence-corrected chi connectivity index (χ3v) is 3.28. The Balaban J connectivity index is 1.88. The van der Waals surface area contributed by atoms with Crippen LogP contribution in [0.15, 0.2) is 55.1 Å². The average Bonchev–Trinajstić information content (AvgIpc) is 2.46. The Kier molecular flexibility index (Phi) is 3.11. The fourth-order valence-electron chi connectivity index (χ4n) is 2.18. The van der Waals surface area contributed by atoms with Crippen molar-refractivity contribution in [3.63, 3.8) is 0 Å². The number of aryl methyl sites for hydroxylation is 1. The molecule has 0 aliphatic carbocycles. The molecule has 3 rings (SSSR count). The maximum absolute atomic E-state index is 4.16. The molecule has 0 atom stereocenters. The van der Waals surface area contributed by atoms with Gasteiger partial charge in [-0.15, -0.1) is 0 Å². The van der Waals surface area contributed by atoms with Gasteiger partial charge in [0.1, 0.15) is 0 Å². The van der Waals surface area contributed by atoms with E-state index in [-0.39, 0.29) is 0 Å². The van der Waals surface area contributed by atoms with E-state index in [0.29, 0.717) is 0 Å². The van der Waals surface area contributed by atoms with Crippen LogP contribution in [0.1, 0.15) is 11.1 Å². The van der Waals surface area contributed by atoms with Crippen molar-refractivity contribution in [3.05, 3.63) is 66.2 Å². The van der Waals surface area contributed by atoms with E-state index in [4.69, 9.17) is 0 Å². The summed E-state index contributed by atoms with van der Waals surface area (Å²) in [5.41, 5.74) is 3.55. The minimum absolute atomic E-state index is 0.786. The van der Waals surface area contributed by atoms with Crippen LogP contribution in [-0.2, 0) is 6.54 Å². The first kappa shape index (κ1) is 11.7. The van der Waals surface area contributed by atoms with Gasteiger partial charge in [-0.2, -0.15) is 0 Å². The van der Waals surface area contributed by atoms with Gasteiger partial charge in [0, 0.05) is 30.5 Å². The third kappa shape index (κ3) is 2.40. The van der Waals surface area contributed by atoms with Crippen LogP contribution in [0, 0.1) is 6.92 Å². The van der Waals surface area contributed by atoms with Crippen LogP contribution in [0.4, 0.5) is 5.69 Å². The molecule has 1 N–H and O–H groups in total. The fraction of sp³-hybridized carbons (Fsp3) is 0.125.